The van der Waals surface area contributed by atoms with Gasteiger partial charge in [-0.3, -0.25) is 4.79 Å². The standard InChI is InChI=1S/C25H25NOS/c27-24(25-13-21(16-28-25)19-4-2-1-3-5-19)12-17-8-10-20(11-9-17)22-14-23(22)26-15-18-6-7-18/h1-5,8-11,13,16,18,22-23,26H,6-7,12,14-15H2. The van der Waals surface area contributed by atoms with Crippen molar-refractivity contribution in [2.75, 3.05) is 6.54 Å². The molecule has 2 unspecified atom stereocenters. The van der Waals surface area contributed by atoms with Gasteiger partial charge in [-0.15, -0.1) is 11.3 Å². The zero-order chi connectivity index (χ0) is 18.9. The molecule has 2 aromatic carbocycles. The molecule has 0 radical (unpaired) electrons. The number of nitrogens with one attached hydrogen (secondary N) is 1. The summed E-state index contributed by atoms with van der Waals surface area (Å²) in [6.45, 7) is 1.19. The lowest BCUT2D eigenvalue weighted by molar-refractivity contribution is 0.0997. The van der Waals surface area contributed by atoms with Crippen LogP contribution in [0, 0.1) is 5.92 Å². The van der Waals surface area contributed by atoms with Crippen LogP contribution in [0.5, 0.6) is 0 Å². The van der Waals surface area contributed by atoms with Crippen molar-refractivity contribution in [1.82, 2.24) is 5.32 Å². The summed E-state index contributed by atoms with van der Waals surface area (Å²) in [4.78, 5) is 13.5. The highest BCUT2D eigenvalue weighted by molar-refractivity contribution is 7.12. The van der Waals surface area contributed by atoms with Crippen molar-refractivity contribution in [2.24, 2.45) is 5.92 Å². The second kappa shape index (κ2) is 7.65. The Balaban J connectivity index is 1.18. The minimum Gasteiger partial charge on any atom is -0.313 e. The highest BCUT2D eigenvalue weighted by Crippen LogP contribution is 2.41. The molecule has 5 rings (SSSR count). The van der Waals surface area contributed by atoms with Gasteiger partial charge in [-0.05, 0) is 65.4 Å². The van der Waals surface area contributed by atoms with Crippen LogP contribution in [0.3, 0.4) is 0 Å². The molecule has 2 saturated carbocycles. The Hall–Kier alpha value is -2.23. The van der Waals surface area contributed by atoms with E-state index < -0.39 is 0 Å². The van der Waals surface area contributed by atoms with E-state index in [2.05, 4.69) is 47.1 Å². The molecule has 2 aliphatic rings. The second-order valence-corrected chi connectivity index (χ2v) is 9.12. The summed E-state index contributed by atoms with van der Waals surface area (Å²) in [6.07, 6.45) is 4.54. The van der Waals surface area contributed by atoms with E-state index in [1.807, 2.05) is 24.3 Å². The van der Waals surface area contributed by atoms with E-state index in [1.54, 1.807) is 11.3 Å². The number of benzene rings is 2. The number of hydrogen-bond donors (Lipinski definition) is 1. The van der Waals surface area contributed by atoms with Crippen LogP contribution in [-0.4, -0.2) is 18.4 Å². The molecule has 2 atom stereocenters. The third-order valence-corrected chi connectivity index (χ3v) is 6.88. The van der Waals surface area contributed by atoms with Crippen LogP contribution in [0.1, 0.15) is 46.0 Å². The summed E-state index contributed by atoms with van der Waals surface area (Å²) in [7, 11) is 0. The van der Waals surface area contributed by atoms with E-state index in [0.29, 0.717) is 18.4 Å². The fourth-order valence-electron chi connectivity index (χ4n) is 3.85. The van der Waals surface area contributed by atoms with Gasteiger partial charge in [0.15, 0.2) is 5.78 Å². The van der Waals surface area contributed by atoms with E-state index in [0.717, 1.165) is 27.5 Å². The minimum atomic E-state index is 0.204. The molecule has 0 aliphatic heterocycles. The third-order valence-electron chi connectivity index (χ3n) is 5.91. The molecular weight excluding hydrogens is 362 g/mol. The minimum absolute atomic E-state index is 0.204. The Labute approximate surface area is 170 Å². The highest BCUT2D eigenvalue weighted by Gasteiger charge is 2.38. The van der Waals surface area contributed by atoms with Gasteiger partial charge < -0.3 is 5.32 Å². The zero-order valence-electron chi connectivity index (χ0n) is 15.9. The Morgan fingerprint density at radius 2 is 1.79 bits per heavy atom. The van der Waals surface area contributed by atoms with Gasteiger partial charge in [-0.2, -0.15) is 0 Å². The van der Waals surface area contributed by atoms with Gasteiger partial charge in [0.25, 0.3) is 0 Å². The highest BCUT2D eigenvalue weighted by atomic mass is 32.1. The van der Waals surface area contributed by atoms with Crippen LogP contribution in [0.15, 0.2) is 66.0 Å². The first-order valence-electron chi connectivity index (χ1n) is 10.3. The molecule has 142 valence electrons. The molecule has 0 bridgehead atoms. The largest absolute Gasteiger partial charge is 0.313 e. The van der Waals surface area contributed by atoms with E-state index in [-0.39, 0.29) is 5.78 Å². The lowest BCUT2D eigenvalue weighted by Crippen LogP contribution is -2.20. The molecule has 1 heterocycles. The first kappa shape index (κ1) is 17.8. The van der Waals surface area contributed by atoms with E-state index in [9.17, 15) is 4.79 Å². The molecule has 2 nitrogen and oxygen atoms in total. The number of carbonyl (C=O) groups excluding carboxylic acids is 1. The van der Waals surface area contributed by atoms with Crippen molar-refractivity contribution < 1.29 is 4.79 Å². The number of hydrogen-bond acceptors (Lipinski definition) is 3. The molecule has 1 aromatic heterocycles. The summed E-state index contributed by atoms with van der Waals surface area (Å²) in [5.74, 6) is 1.80. The van der Waals surface area contributed by atoms with Crippen LogP contribution in [0.25, 0.3) is 11.1 Å². The number of carbonyl (C=O) groups is 1. The molecule has 3 heteroatoms. The average molecular weight is 388 g/mol. The summed E-state index contributed by atoms with van der Waals surface area (Å²) < 4.78 is 0. The van der Waals surface area contributed by atoms with Crippen molar-refractivity contribution in [3.05, 3.63) is 82.0 Å². The van der Waals surface area contributed by atoms with E-state index >= 15 is 0 Å². The van der Waals surface area contributed by atoms with Gasteiger partial charge in [0.05, 0.1) is 4.88 Å². The first-order valence-corrected chi connectivity index (χ1v) is 11.1. The Morgan fingerprint density at radius 1 is 1.00 bits per heavy atom. The lowest BCUT2D eigenvalue weighted by atomic mass is 10.0. The van der Waals surface area contributed by atoms with Crippen LogP contribution in [0.2, 0.25) is 0 Å². The topological polar surface area (TPSA) is 29.1 Å². The maximum absolute atomic E-state index is 12.7. The first-order chi connectivity index (χ1) is 13.8. The van der Waals surface area contributed by atoms with Crippen LogP contribution >= 0.6 is 11.3 Å². The van der Waals surface area contributed by atoms with Gasteiger partial charge in [-0.25, -0.2) is 0 Å². The Kier molecular flexibility index (Phi) is 4.87. The fourth-order valence-corrected chi connectivity index (χ4v) is 4.71. The normalized spacial score (nSPS) is 20.9. The summed E-state index contributed by atoms with van der Waals surface area (Å²) >= 11 is 1.55. The van der Waals surface area contributed by atoms with Crippen molar-refractivity contribution in [3.63, 3.8) is 0 Å². The van der Waals surface area contributed by atoms with Gasteiger partial charge in [0.1, 0.15) is 0 Å². The van der Waals surface area contributed by atoms with Gasteiger partial charge >= 0.3 is 0 Å². The smallest absolute Gasteiger partial charge is 0.177 e. The van der Waals surface area contributed by atoms with Crippen molar-refractivity contribution in [3.8, 4) is 11.1 Å². The van der Waals surface area contributed by atoms with Crippen LogP contribution in [0.4, 0.5) is 0 Å². The SMILES string of the molecule is O=C(Cc1ccc(C2CC2NCC2CC2)cc1)c1cc(-c2ccccc2)cs1. The van der Waals surface area contributed by atoms with Crippen LogP contribution in [-0.2, 0) is 6.42 Å². The number of ketones is 1. The summed E-state index contributed by atoms with van der Waals surface area (Å²) in [5.41, 5.74) is 4.80. The van der Waals surface area contributed by atoms with Gasteiger partial charge in [0, 0.05) is 18.4 Å². The molecule has 2 aliphatic carbocycles. The molecule has 0 spiro atoms. The van der Waals surface area contributed by atoms with Crippen LogP contribution < -0.4 is 5.32 Å². The van der Waals surface area contributed by atoms with Crippen molar-refractivity contribution in [2.45, 2.75) is 37.6 Å². The van der Waals surface area contributed by atoms with Gasteiger partial charge in [-0.1, -0.05) is 54.6 Å². The molecule has 28 heavy (non-hydrogen) atoms. The van der Waals surface area contributed by atoms with Crippen molar-refractivity contribution in [1.29, 1.82) is 0 Å². The molecule has 0 saturated heterocycles. The Morgan fingerprint density at radius 3 is 2.54 bits per heavy atom. The fraction of sp³-hybridized carbons (Fsp3) is 0.320. The summed E-state index contributed by atoms with van der Waals surface area (Å²) in [6, 6.07) is 21.6. The quantitative estimate of drug-likeness (QED) is 0.503. The molecular formula is C25H25NOS. The molecule has 3 aromatic rings. The number of Topliss-reactive ketones (excluding diaryl/α,β-unsaturated/α-hetero) is 1. The van der Waals surface area contributed by atoms with Crippen molar-refractivity contribution >= 4 is 17.1 Å². The molecule has 2 fully saturated rings. The number of thiophene rings is 1. The maximum atomic E-state index is 12.7. The van der Waals surface area contributed by atoms with E-state index in [4.69, 9.17) is 0 Å². The predicted molar refractivity (Wildman–Crippen MR) is 116 cm³/mol. The average Bonchev–Trinajstić information content (AvgIpc) is 3.65. The third kappa shape index (κ3) is 4.11. The molecule has 0 amide bonds. The lowest BCUT2D eigenvalue weighted by Gasteiger charge is -2.05. The summed E-state index contributed by atoms with van der Waals surface area (Å²) in [5, 5.41) is 5.78. The Bertz CT molecular complexity index is 956. The zero-order valence-corrected chi connectivity index (χ0v) is 16.8. The predicted octanol–water partition coefficient (Wildman–Crippen LogP) is 5.70. The molecule has 1 N–H and O–H groups in total. The number of rotatable bonds is 8. The van der Waals surface area contributed by atoms with Gasteiger partial charge in [0.2, 0.25) is 0 Å². The second-order valence-electron chi connectivity index (χ2n) is 8.21. The monoisotopic (exact) mass is 387 g/mol. The van der Waals surface area contributed by atoms with E-state index in [1.165, 1.54) is 31.4 Å². The maximum Gasteiger partial charge on any atom is 0.177 e.